The zero-order valence-electron chi connectivity index (χ0n) is 15.0. The fourth-order valence-electron chi connectivity index (χ4n) is 1.73. The van der Waals surface area contributed by atoms with Crippen molar-refractivity contribution < 1.29 is 19.1 Å². The number of carbonyl (C=O) groups is 3. The molecule has 0 spiro atoms. The van der Waals surface area contributed by atoms with Crippen molar-refractivity contribution in [1.29, 1.82) is 0 Å². The molecule has 0 aliphatic carbocycles. The van der Waals surface area contributed by atoms with Gasteiger partial charge in [-0.05, 0) is 57.9 Å². The summed E-state index contributed by atoms with van der Waals surface area (Å²) in [4.78, 5) is 35.2. The second kappa shape index (κ2) is 8.67. The molecule has 25 heavy (non-hydrogen) atoms. The van der Waals surface area contributed by atoms with Gasteiger partial charge in [-0.3, -0.25) is 10.1 Å². The van der Waals surface area contributed by atoms with Gasteiger partial charge in [-0.15, -0.1) is 0 Å². The Balaban J connectivity index is 2.55. The number of rotatable bonds is 4. The smallest absolute Gasteiger partial charge is 0.331 e. The fraction of sp³-hybridized carbons (Fsp3) is 0.389. The normalized spacial score (nSPS) is 12.6. The van der Waals surface area contributed by atoms with Gasteiger partial charge in [-0.1, -0.05) is 23.7 Å². The third-order valence-electron chi connectivity index (χ3n) is 3.00. The predicted molar refractivity (Wildman–Crippen MR) is 97.2 cm³/mol. The topological polar surface area (TPSA) is 84.5 Å². The number of hydrogen-bond donors (Lipinski definition) is 2. The molecule has 0 aliphatic rings. The number of hydrogen-bond acceptors (Lipinski definition) is 4. The third kappa shape index (κ3) is 7.85. The van der Waals surface area contributed by atoms with Crippen LogP contribution in [0.5, 0.6) is 0 Å². The summed E-state index contributed by atoms with van der Waals surface area (Å²) >= 11 is 6.01. The third-order valence-corrected chi connectivity index (χ3v) is 3.40. The molecule has 1 atom stereocenters. The van der Waals surface area contributed by atoms with Crippen LogP contribution in [0.3, 0.4) is 0 Å². The van der Waals surface area contributed by atoms with Crippen LogP contribution in [0, 0.1) is 6.92 Å². The molecule has 0 heterocycles. The van der Waals surface area contributed by atoms with Gasteiger partial charge in [-0.2, -0.15) is 0 Å². The Bertz CT molecular complexity index is 693. The molecular formula is C18H23ClN2O4. The molecule has 0 aliphatic heterocycles. The molecule has 1 aromatic rings. The molecule has 0 fully saturated rings. The van der Waals surface area contributed by atoms with Crippen LogP contribution in [0.25, 0.3) is 6.08 Å². The predicted octanol–water partition coefficient (Wildman–Crippen LogP) is 3.22. The first-order valence-corrected chi connectivity index (χ1v) is 8.13. The molecule has 3 amide bonds. The minimum Gasteiger partial charge on any atom is -0.449 e. The van der Waals surface area contributed by atoms with Crippen molar-refractivity contribution in [3.63, 3.8) is 0 Å². The first kappa shape index (κ1) is 20.7. The van der Waals surface area contributed by atoms with Gasteiger partial charge in [0.1, 0.15) is 0 Å². The molecule has 0 aromatic heterocycles. The standard InChI is InChI=1S/C18H23ClN2O4/c1-11-6-7-13(10-14(11)19)8-9-15(22)25-12(2)16(23)20-17(24)21-18(3,4)5/h6-10,12H,1-5H3,(H2,20,21,23,24)/b9-8+/t12-/m1/s1. The van der Waals surface area contributed by atoms with E-state index in [1.165, 1.54) is 19.1 Å². The molecule has 0 saturated carbocycles. The Labute approximate surface area is 152 Å². The van der Waals surface area contributed by atoms with Crippen LogP contribution in [0.15, 0.2) is 24.3 Å². The lowest BCUT2D eigenvalue weighted by atomic mass is 10.1. The number of imide groups is 1. The number of halogens is 1. The molecule has 0 saturated heterocycles. The molecule has 136 valence electrons. The highest BCUT2D eigenvalue weighted by molar-refractivity contribution is 6.31. The molecule has 1 rings (SSSR count). The van der Waals surface area contributed by atoms with Crippen molar-refractivity contribution in [1.82, 2.24) is 10.6 Å². The van der Waals surface area contributed by atoms with E-state index in [4.69, 9.17) is 16.3 Å². The number of benzene rings is 1. The molecule has 0 unspecified atom stereocenters. The highest BCUT2D eigenvalue weighted by Gasteiger charge is 2.21. The molecular weight excluding hydrogens is 344 g/mol. The van der Waals surface area contributed by atoms with Gasteiger partial charge in [0.25, 0.3) is 5.91 Å². The minimum atomic E-state index is -1.11. The van der Waals surface area contributed by atoms with Crippen LogP contribution < -0.4 is 10.6 Å². The Kier molecular flexibility index (Phi) is 7.18. The Hall–Kier alpha value is -2.34. The number of ether oxygens (including phenoxy) is 1. The minimum absolute atomic E-state index is 0.484. The summed E-state index contributed by atoms with van der Waals surface area (Å²) in [6.45, 7) is 8.60. The zero-order chi connectivity index (χ0) is 19.2. The molecule has 7 heteroatoms. The summed E-state index contributed by atoms with van der Waals surface area (Å²) in [5.41, 5.74) is 1.18. The Morgan fingerprint density at radius 3 is 2.44 bits per heavy atom. The van der Waals surface area contributed by atoms with Crippen LogP contribution in [0.1, 0.15) is 38.8 Å². The first-order valence-electron chi connectivity index (χ1n) is 7.76. The molecule has 2 N–H and O–H groups in total. The highest BCUT2D eigenvalue weighted by Crippen LogP contribution is 2.17. The fourth-order valence-corrected chi connectivity index (χ4v) is 1.92. The van der Waals surface area contributed by atoms with E-state index in [0.717, 1.165) is 11.1 Å². The molecule has 0 bridgehead atoms. The van der Waals surface area contributed by atoms with E-state index in [1.54, 1.807) is 32.9 Å². The van der Waals surface area contributed by atoms with E-state index >= 15 is 0 Å². The largest absolute Gasteiger partial charge is 0.449 e. The maximum Gasteiger partial charge on any atom is 0.331 e. The quantitative estimate of drug-likeness (QED) is 0.633. The Morgan fingerprint density at radius 2 is 1.88 bits per heavy atom. The average molecular weight is 367 g/mol. The molecule has 0 radical (unpaired) electrons. The van der Waals surface area contributed by atoms with E-state index < -0.39 is 29.6 Å². The van der Waals surface area contributed by atoms with E-state index in [9.17, 15) is 14.4 Å². The van der Waals surface area contributed by atoms with Crippen molar-refractivity contribution >= 4 is 35.6 Å². The number of nitrogens with one attached hydrogen (secondary N) is 2. The van der Waals surface area contributed by atoms with Crippen LogP contribution in [0.2, 0.25) is 5.02 Å². The summed E-state index contributed by atoms with van der Waals surface area (Å²) in [5, 5.41) is 5.29. The number of amides is 3. The van der Waals surface area contributed by atoms with E-state index in [0.29, 0.717) is 5.02 Å². The van der Waals surface area contributed by atoms with Gasteiger partial charge >= 0.3 is 12.0 Å². The van der Waals surface area contributed by atoms with Crippen molar-refractivity contribution in [2.75, 3.05) is 0 Å². The van der Waals surface area contributed by atoms with Gasteiger partial charge in [-0.25, -0.2) is 9.59 Å². The van der Waals surface area contributed by atoms with Crippen molar-refractivity contribution in [2.45, 2.75) is 46.3 Å². The van der Waals surface area contributed by atoms with E-state index in [2.05, 4.69) is 10.6 Å². The molecule has 6 nitrogen and oxygen atoms in total. The lowest BCUT2D eigenvalue weighted by Crippen LogP contribution is -2.50. The van der Waals surface area contributed by atoms with Crippen LogP contribution in [-0.4, -0.2) is 29.6 Å². The van der Waals surface area contributed by atoms with Crippen molar-refractivity contribution in [2.24, 2.45) is 0 Å². The first-order chi connectivity index (χ1) is 11.5. The van der Waals surface area contributed by atoms with E-state index in [-0.39, 0.29) is 0 Å². The zero-order valence-corrected chi connectivity index (χ0v) is 15.7. The SMILES string of the molecule is Cc1ccc(/C=C/C(=O)O[C@H](C)C(=O)NC(=O)NC(C)(C)C)cc1Cl. The van der Waals surface area contributed by atoms with Gasteiger partial charge in [0.2, 0.25) is 0 Å². The van der Waals surface area contributed by atoms with Gasteiger partial charge < -0.3 is 10.1 Å². The van der Waals surface area contributed by atoms with Crippen LogP contribution >= 0.6 is 11.6 Å². The number of aryl methyl sites for hydroxylation is 1. The summed E-state index contributed by atoms with van der Waals surface area (Å²) < 4.78 is 4.97. The number of carbonyl (C=O) groups excluding carboxylic acids is 3. The highest BCUT2D eigenvalue weighted by atomic mass is 35.5. The number of esters is 1. The lowest BCUT2D eigenvalue weighted by molar-refractivity contribution is -0.149. The maximum atomic E-state index is 11.8. The summed E-state index contributed by atoms with van der Waals surface area (Å²) in [7, 11) is 0. The second-order valence-corrected chi connectivity index (χ2v) is 7.02. The maximum absolute atomic E-state index is 11.8. The van der Waals surface area contributed by atoms with Gasteiger partial charge in [0.15, 0.2) is 6.10 Å². The van der Waals surface area contributed by atoms with Crippen LogP contribution in [0.4, 0.5) is 4.79 Å². The second-order valence-electron chi connectivity index (χ2n) is 6.61. The van der Waals surface area contributed by atoms with Gasteiger partial charge in [0.05, 0.1) is 0 Å². The van der Waals surface area contributed by atoms with Crippen molar-refractivity contribution in [3.8, 4) is 0 Å². The van der Waals surface area contributed by atoms with Crippen LogP contribution in [-0.2, 0) is 14.3 Å². The summed E-state index contributed by atoms with van der Waals surface area (Å²) in [6, 6.07) is 4.70. The monoisotopic (exact) mass is 366 g/mol. The van der Waals surface area contributed by atoms with E-state index in [1.807, 2.05) is 13.0 Å². The molecule has 1 aromatic carbocycles. The summed E-state index contributed by atoms with van der Waals surface area (Å²) in [6.07, 6.45) is 1.62. The summed E-state index contributed by atoms with van der Waals surface area (Å²) in [5.74, 6) is -1.41. The number of urea groups is 1. The van der Waals surface area contributed by atoms with Gasteiger partial charge in [0, 0.05) is 16.6 Å². The van der Waals surface area contributed by atoms with Crippen molar-refractivity contribution in [3.05, 3.63) is 40.4 Å². The Morgan fingerprint density at radius 1 is 1.24 bits per heavy atom. The average Bonchev–Trinajstić information content (AvgIpc) is 2.46. The lowest BCUT2D eigenvalue weighted by Gasteiger charge is -2.21.